The van der Waals surface area contributed by atoms with Gasteiger partial charge in [0.2, 0.25) is 0 Å². The molecule has 1 unspecified atom stereocenters. The van der Waals surface area contributed by atoms with E-state index in [1.807, 2.05) is 6.92 Å². The third-order valence-electron chi connectivity index (χ3n) is 3.07. The Hall–Kier alpha value is -2.09. The highest BCUT2D eigenvalue weighted by molar-refractivity contribution is 5.84. The molecule has 23 heavy (non-hydrogen) atoms. The van der Waals surface area contributed by atoms with E-state index in [9.17, 15) is 9.59 Å². The van der Waals surface area contributed by atoms with Crippen LogP contribution in [0.1, 0.15) is 39.7 Å². The minimum absolute atomic E-state index is 0.321. The molecule has 1 amide bonds. The predicted octanol–water partition coefficient (Wildman–Crippen LogP) is 1.81. The monoisotopic (exact) mass is 326 g/mol. The smallest absolute Gasteiger partial charge is 0.413 e. The lowest BCUT2D eigenvalue weighted by molar-refractivity contribution is -0.143. The summed E-state index contributed by atoms with van der Waals surface area (Å²) in [4.78, 5) is 23.5. The first-order valence-electron chi connectivity index (χ1n) is 7.50. The second kappa shape index (κ2) is 7.96. The summed E-state index contributed by atoms with van der Waals surface area (Å²) in [6.45, 7) is 7.63. The molecule has 1 atom stereocenters. The molecule has 8 heteroatoms. The van der Waals surface area contributed by atoms with Gasteiger partial charge in [-0.15, -0.1) is 0 Å². The third-order valence-corrected chi connectivity index (χ3v) is 3.07. The van der Waals surface area contributed by atoms with Crippen LogP contribution in [0, 0.1) is 0 Å². The molecule has 1 rings (SSSR count). The SMILES string of the molecule is CCC(NCc1cnn(C)c1NC(=O)OC(C)(C)C)C(=O)OC. The van der Waals surface area contributed by atoms with Crippen molar-refractivity contribution >= 4 is 17.9 Å². The van der Waals surface area contributed by atoms with E-state index in [1.54, 1.807) is 38.7 Å². The highest BCUT2D eigenvalue weighted by Crippen LogP contribution is 2.16. The summed E-state index contributed by atoms with van der Waals surface area (Å²) in [5, 5.41) is 9.90. The third kappa shape index (κ3) is 5.90. The van der Waals surface area contributed by atoms with E-state index >= 15 is 0 Å². The minimum atomic E-state index is -0.584. The van der Waals surface area contributed by atoms with Crippen LogP contribution >= 0.6 is 0 Å². The number of ether oxygens (including phenoxy) is 2. The van der Waals surface area contributed by atoms with Crippen LogP contribution in [0.3, 0.4) is 0 Å². The van der Waals surface area contributed by atoms with Crippen LogP contribution in [0.15, 0.2) is 6.20 Å². The standard InChI is InChI=1S/C15H26N4O4/c1-7-11(13(20)22-6)16-8-10-9-17-19(5)12(10)18-14(21)23-15(2,3)4/h9,11,16H,7-8H2,1-6H3,(H,18,21). The Balaban J connectivity index is 2.75. The van der Waals surface area contributed by atoms with Crippen LogP contribution in [0.4, 0.5) is 10.6 Å². The first kappa shape index (κ1) is 19.0. The fourth-order valence-electron chi connectivity index (χ4n) is 1.94. The van der Waals surface area contributed by atoms with Crippen molar-refractivity contribution in [2.75, 3.05) is 12.4 Å². The topological polar surface area (TPSA) is 94.5 Å². The van der Waals surface area contributed by atoms with Gasteiger partial charge in [0.25, 0.3) is 0 Å². The number of amides is 1. The number of aromatic nitrogens is 2. The van der Waals surface area contributed by atoms with Gasteiger partial charge < -0.3 is 14.8 Å². The number of hydrogen-bond acceptors (Lipinski definition) is 6. The van der Waals surface area contributed by atoms with E-state index < -0.39 is 17.7 Å². The Bertz CT molecular complexity index is 548. The van der Waals surface area contributed by atoms with Gasteiger partial charge in [0.15, 0.2) is 0 Å². The molecule has 1 heterocycles. The Morgan fingerprint density at radius 1 is 1.39 bits per heavy atom. The lowest BCUT2D eigenvalue weighted by Crippen LogP contribution is -2.36. The fraction of sp³-hybridized carbons (Fsp3) is 0.667. The van der Waals surface area contributed by atoms with Crippen LogP contribution in [0.25, 0.3) is 0 Å². The molecule has 0 aliphatic rings. The molecule has 8 nitrogen and oxygen atoms in total. The zero-order valence-electron chi connectivity index (χ0n) is 14.6. The molecule has 0 aromatic carbocycles. The molecule has 2 N–H and O–H groups in total. The number of hydrogen-bond donors (Lipinski definition) is 2. The van der Waals surface area contributed by atoms with E-state index in [0.717, 1.165) is 5.56 Å². The van der Waals surface area contributed by atoms with Crippen molar-refractivity contribution in [3.63, 3.8) is 0 Å². The number of carbonyl (C=O) groups excluding carboxylic acids is 2. The molecular weight excluding hydrogens is 300 g/mol. The highest BCUT2D eigenvalue weighted by atomic mass is 16.6. The van der Waals surface area contributed by atoms with Gasteiger partial charge in [-0.3, -0.25) is 14.8 Å². The normalized spacial score (nSPS) is 12.6. The van der Waals surface area contributed by atoms with E-state index in [0.29, 0.717) is 18.8 Å². The van der Waals surface area contributed by atoms with Crippen molar-refractivity contribution in [1.29, 1.82) is 0 Å². The van der Waals surface area contributed by atoms with Crippen molar-refractivity contribution in [3.8, 4) is 0 Å². The highest BCUT2D eigenvalue weighted by Gasteiger charge is 2.21. The van der Waals surface area contributed by atoms with Crippen molar-refractivity contribution in [2.45, 2.75) is 52.3 Å². The zero-order chi connectivity index (χ0) is 17.6. The summed E-state index contributed by atoms with van der Waals surface area (Å²) in [6, 6.07) is -0.408. The quantitative estimate of drug-likeness (QED) is 0.774. The number of rotatable bonds is 6. The summed E-state index contributed by atoms with van der Waals surface area (Å²) in [7, 11) is 3.07. The van der Waals surface area contributed by atoms with Gasteiger partial charge >= 0.3 is 12.1 Å². The average molecular weight is 326 g/mol. The molecule has 0 radical (unpaired) electrons. The molecule has 0 saturated heterocycles. The van der Waals surface area contributed by atoms with Crippen LogP contribution in [0.2, 0.25) is 0 Å². The average Bonchev–Trinajstić information content (AvgIpc) is 2.78. The molecule has 1 aromatic heterocycles. The maximum Gasteiger partial charge on any atom is 0.413 e. The first-order chi connectivity index (χ1) is 10.7. The van der Waals surface area contributed by atoms with Gasteiger partial charge in [-0.2, -0.15) is 5.10 Å². The summed E-state index contributed by atoms with van der Waals surface area (Å²) in [6.07, 6.45) is 1.67. The molecule has 0 fully saturated rings. The lowest BCUT2D eigenvalue weighted by Gasteiger charge is -2.20. The molecule has 1 aromatic rings. The molecular formula is C15H26N4O4. The largest absolute Gasteiger partial charge is 0.468 e. The Morgan fingerprint density at radius 3 is 2.57 bits per heavy atom. The van der Waals surface area contributed by atoms with E-state index in [1.165, 1.54) is 7.11 Å². The van der Waals surface area contributed by atoms with Crippen molar-refractivity contribution < 1.29 is 19.1 Å². The number of aryl methyl sites for hydroxylation is 1. The number of methoxy groups -OCH3 is 1. The number of nitrogens with zero attached hydrogens (tertiary/aromatic N) is 2. The minimum Gasteiger partial charge on any atom is -0.468 e. The van der Waals surface area contributed by atoms with Gasteiger partial charge in [0, 0.05) is 19.2 Å². The second-order valence-electron chi connectivity index (χ2n) is 6.13. The Morgan fingerprint density at radius 2 is 2.04 bits per heavy atom. The van der Waals surface area contributed by atoms with E-state index in [-0.39, 0.29) is 5.97 Å². The molecule has 0 bridgehead atoms. The summed E-state index contributed by atoms with van der Waals surface area (Å²) < 4.78 is 11.5. The van der Waals surface area contributed by atoms with Gasteiger partial charge in [0.05, 0.1) is 13.3 Å². The van der Waals surface area contributed by atoms with Crippen molar-refractivity contribution in [3.05, 3.63) is 11.8 Å². The van der Waals surface area contributed by atoms with Crippen LogP contribution in [-0.4, -0.2) is 40.6 Å². The predicted molar refractivity (Wildman–Crippen MR) is 86.0 cm³/mol. The summed E-state index contributed by atoms with van der Waals surface area (Å²) in [5.74, 6) is 0.199. The molecule has 0 spiro atoms. The Kier molecular flexibility index (Phi) is 6.56. The molecule has 0 aliphatic carbocycles. The summed E-state index contributed by atoms with van der Waals surface area (Å²) >= 11 is 0. The van der Waals surface area contributed by atoms with Crippen molar-refractivity contribution in [2.24, 2.45) is 7.05 Å². The van der Waals surface area contributed by atoms with E-state index in [4.69, 9.17) is 9.47 Å². The first-order valence-corrected chi connectivity index (χ1v) is 7.50. The van der Waals surface area contributed by atoms with Crippen LogP contribution in [-0.2, 0) is 27.9 Å². The van der Waals surface area contributed by atoms with Crippen LogP contribution in [0.5, 0.6) is 0 Å². The number of nitrogens with one attached hydrogen (secondary N) is 2. The maximum atomic E-state index is 11.9. The number of esters is 1. The lowest BCUT2D eigenvalue weighted by atomic mass is 10.2. The van der Waals surface area contributed by atoms with E-state index in [2.05, 4.69) is 15.7 Å². The number of carbonyl (C=O) groups is 2. The second-order valence-corrected chi connectivity index (χ2v) is 6.13. The Labute approximate surface area is 136 Å². The number of anilines is 1. The molecule has 0 saturated carbocycles. The van der Waals surface area contributed by atoms with Crippen LogP contribution < -0.4 is 10.6 Å². The van der Waals surface area contributed by atoms with Gasteiger partial charge in [-0.25, -0.2) is 4.79 Å². The van der Waals surface area contributed by atoms with Gasteiger partial charge in [-0.05, 0) is 27.2 Å². The van der Waals surface area contributed by atoms with Gasteiger partial charge in [0.1, 0.15) is 17.5 Å². The summed E-state index contributed by atoms with van der Waals surface area (Å²) in [5.41, 5.74) is 0.167. The van der Waals surface area contributed by atoms with Gasteiger partial charge in [-0.1, -0.05) is 6.92 Å². The molecule has 0 aliphatic heterocycles. The van der Waals surface area contributed by atoms with Crippen molar-refractivity contribution in [1.82, 2.24) is 15.1 Å². The fourth-order valence-corrected chi connectivity index (χ4v) is 1.94. The zero-order valence-corrected chi connectivity index (χ0v) is 14.6. The molecule has 130 valence electrons. The maximum absolute atomic E-state index is 11.9.